The summed E-state index contributed by atoms with van der Waals surface area (Å²) in [4.78, 5) is 3.15. The van der Waals surface area contributed by atoms with Crippen molar-refractivity contribution < 1.29 is 9.84 Å². The lowest BCUT2D eigenvalue weighted by atomic mass is 10.2. The summed E-state index contributed by atoms with van der Waals surface area (Å²) in [6.07, 6.45) is 0. The van der Waals surface area contributed by atoms with E-state index in [1.807, 2.05) is 54.6 Å². The highest BCUT2D eigenvalue weighted by atomic mass is 16.5. The SMILES string of the molecule is OCc1cc2c(OCc3ccccc3)cccc2[nH]1. The van der Waals surface area contributed by atoms with Gasteiger partial charge in [0.1, 0.15) is 12.4 Å². The first-order valence-corrected chi connectivity index (χ1v) is 6.25. The van der Waals surface area contributed by atoms with Gasteiger partial charge in [-0.05, 0) is 23.8 Å². The Hall–Kier alpha value is -2.26. The second-order valence-corrected chi connectivity index (χ2v) is 4.44. The molecule has 2 N–H and O–H groups in total. The van der Waals surface area contributed by atoms with Crippen LogP contribution in [0.25, 0.3) is 10.9 Å². The van der Waals surface area contributed by atoms with Crippen molar-refractivity contribution in [2.24, 2.45) is 0 Å². The van der Waals surface area contributed by atoms with Gasteiger partial charge < -0.3 is 14.8 Å². The molecular weight excluding hydrogens is 238 g/mol. The lowest BCUT2D eigenvalue weighted by Crippen LogP contribution is -1.94. The van der Waals surface area contributed by atoms with E-state index in [1.54, 1.807) is 0 Å². The Labute approximate surface area is 111 Å². The number of H-pyrrole nitrogens is 1. The fourth-order valence-electron chi connectivity index (χ4n) is 2.13. The predicted molar refractivity (Wildman–Crippen MR) is 75.0 cm³/mol. The topological polar surface area (TPSA) is 45.2 Å². The third-order valence-electron chi connectivity index (χ3n) is 3.09. The van der Waals surface area contributed by atoms with E-state index in [-0.39, 0.29) is 6.61 Å². The first kappa shape index (κ1) is 11.8. The number of rotatable bonds is 4. The number of hydrogen-bond donors (Lipinski definition) is 2. The smallest absolute Gasteiger partial charge is 0.129 e. The van der Waals surface area contributed by atoms with Gasteiger partial charge in [0.15, 0.2) is 0 Å². The molecule has 3 aromatic rings. The van der Waals surface area contributed by atoms with Crippen LogP contribution >= 0.6 is 0 Å². The summed E-state index contributed by atoms with van der Waals surface area (Å²) < 4.78 is 5.86. The van der Waals surface area contributed by atoms with Gasteiger partial charge in [0, 0.05) is 16.6 Å². The lowest BCUT2D eigenvalue weighted by molar-refractivity contribution is 0.278. The zero-order valence-corrected chi connectivity index (χ0v) is 10.5. The Morgan fingerprint density at radius 2 is 1.84 bits per heavy atom. The van der Waals surface area contributed by atoms with E-state index in [9.17, 15) is 0 Å². The van der Waals surface area contributed by atoms with E-state index < -0.39 is 0 Å². The first-order valence-electron chi connectivity index (χ1n) is 6.25. The number of hydrogen-bond acceptors (Lipinski definition) is 2. The van der Waals surface area contributed by atoms with Gasteiger partial charge in [-0.3, -0.25) is 0 Å². The summed E-state index contributed by atoms with van der Waals surface area (Å²) in [6.45, 7) is 0.548. The molecule has 3 heteroatoms. The van der Waals surface area contributed by atoms with Gasteiger partial charge in [-0.1, -0.05) is 36.4 Å². The summed E-state index contributed by atoms with van der Waals surface area (Å²) in [5.41, 5.74) is 2.91. The van der Waals surface area contributed by atoms with Gasteiger partial charge >= 0.3 is 0 Å². The van der Waals surface area contributed by atoms with E-state index in [0.717, 1.165) is 27.9 Å². The summed E-state index contributed by atoms with van der Waals surface area (Å²) in [6, 6.07) is 17.9. The third-order valence-corrected chi connectivity index (χ3v) is 3.09. The predicted octanol–water partition coefficient (Wildman–Crippen LogP) is 3.24. The minimum Gasteiger partial charge on any atom is -0.488 e. The number of ether oxygens (including phenoxy) is 1. The highest BCUT2D eigenvalue weighted by Crippen LogP contribution is 2.27. The molecule has 0 amide bonds. The van der Waals surface area contributed by atoms with Crippen LogP contribution in [0.15, 0.2) is 54.6 Å². The van der Waals surface area contributed by atoms with Gasteiger partial charge in [-0.25, -0.2) is 0 Å². The molecule has 0 aliphatic carbocycles. The van der Waals surface area contributed by atoms with Crippen molar-refractivity contribution in [3.05, 3.63) is 65.9 Å². The number of aromatic nitrogens is 1. The molecule has 0 unspecified atom stereocenters. The number of nitrogens with one attached hydrogen (secondary N) is 1. The number of aliphatic hydroxyl groups excluding tert-OH is 1. The Balaban J connectivity index is 1.86. The van der Waals surface area contributed by atoms with Crippen LogP contribution in [-0.2, 0) is 13.2 Å². The molecule has 19 heavy (non-hydrogen) atoms. The van der Waals surface area contributed by atoms with Crippen LogP contribution in [0.3, 0.4) is 0 Å². The standard InChI is InChI=1S/C16H15NO2/c18-10-13-9-14-15(17-13)7-4-8-16(14)19-11-12-5-2-1-3-6-12/h1-9,17-18H,10-11H2. The quantitative estimate of drug-likeness (QED) is 0.749. The molecule has 3 nitrogen and oxygen atoms in total. The number of aliphatic hydroxyl groups is 1. The normalized spacial score (nSPS) is 10.8. The molecular formula is C16H15NO2. The molecule has 96 valence electrons. The minimum absolute atomic E-state index is 0.00675. The molecule has 0 radical (unpaired) electrons. The van der Waals surface area contributed by atoms with E-state index in [4.69, 9.17) is 9.84 Å². The van der Waals surface area contributed by atoms with Crippen molar-refractivity contribution in [1.29, 1.82) is 0 Å². The van der Waals surface area contributed by atoms with Crippen molar-refractivity contribution in [3.8, 4) is 5.75 Å². The summed E-state index contributed by atoms with van der Waals surface area (Å²) >= 11 is 0. The van der Waals surface area contributed by atoms with Crippen molar-refractivity contribution in [3.63, 3.8) is 0 Å². The van der Waals surface area contributed by atoms with E-state index in [1.165, 1.54) is 0 Å². The van der Waals surface area contributed by atoms with Crippen LogP contribution in [0.2, 0.25) is 0 Å². The Bertz CT molecular complexity index is 674. The first-order chi connectivity index (χ1) is 9.36. The fourth-order valence-corrected chi connectivity index (χ4v) is 2.13. The second kappa shape index (κ2) is 5.16. The lowest BCUT2D eigenvalue weighted by Gasteiger charge is -2.07. The molecule has 0 saturated heterocycles. The molecule has 0 atom stereocenters. The van der Waals surface area contributed by atoms with Crippen LogP contribution in [0, 0.1) is 0 Å². The van der Waals surface area contributed by atoms with Crippen LogP contribution in [0.1, 0.15) is 11.3 Å². The molecule has 0 aliphatic heterocycles. The maximum absolute atomic E-state index is 9.17. The highest BCUT2D eigenvalue weighted by molar-refractivity contribution is 5.86. The Morgan fingerprint density at radius 1 is 1.00 bits per heavy atom. The van der Waals surface area contributed by atoms with E-state index in [0.29, 0.717) is 6.61 Å². The molecule has 0 spiro atoms. The number of benzene rings is 2. The second-order valence-electron chi connectivity index (χ2n) is 4.44. The highest BCUT2D eigenvalue weighted by Gasteiger charge is 2.06. The average Bonchev–Trinajstić information content (AvgIpc) is 2.90. The molecule has 0 bridgehead atoms. The molecule has 0 saturated carbocycles. The molecule has 0 fully saturated rings. The average molecular weight is 253 g/mol. The number of fused-ring (bicyclic) bond motifs is 1. The molecule has 1 heterocycles. The van der Waals surface area contributed by atoms with Crippen LogP contribution in [0.5, 0.6) is 5.75 Å². The van der Waals surface area contributed by atoms with Gasteiger partial charge in [-0.2, -0.15) is 0 Å². The molecule has 3 rings (SSSR count). The third kappa shape index (κ3) is 2.46. The van der Waals surface area contributed by atoms with E-state index >= 15 is 0 Å². The van der Waals surface area contributed by atoms with Gasteiger partial charge in [0.05, 0.1) is 6.61 Å². The van der Waals surface area contributed by atoms with Crippen molar-refractivity contribution in [2.75, 3.05) is 0 Å². The summed E-state index contributed by atoms with van der Waals surface area (Å²) in [7, 11) is 0. The van der Waals surface area contributed by atoms with Crippen molar-refractivity contribution >= 4 is 10.9 Å². The number of aromatic amines is 1. The van der Waals surface area contributed by atoms with Crippen LogP contribution in [0.4, 0.5) is 0 Å². The van der Waals surface area contributed by atoms with Gasteiger partial charge in [-0.15, -0.1) is 0 Å². The monoisotopic (exact) mass is 253 g/mol. The van der Waals surface area contributed by atoms with Crippen molar-refractivity contribution in [2.45, 2.75) is 13.2 Å². The molecule has 0 aliphatic rings. The van der Waals surface area contributed by atoms with E-state index in [2.05, 4.69) is 4.98 Å². The molecule has 2 aromatic carbocycles. The summed E-state index contributed by atoms with van der Waals surface area (Å²) in [5.74, 6) is 0.831. The van der Waals surface area contributed by atoms with Crippen molar-refractivity contribution in [1.82, 2.24) is 4.98 Å². The fraction of sp³-hybridized carbons (Fsp3) is 0.125. The maximum Gasteiger partial charge on any atom is 0.129 e. The largest absolute Gasteiger partial charge is 0.488 e. The maximum atomic E-state index is 9.17. The van der Waals surface area contributed by atoms with Crippen LogP contribution < -0.4 is 4.74 Å². The molecule has 1 aromatic heterocycles. The minimum atomic E-state index is 0.00675. The zero-order valence-electron chi connectivity index (χ0n) is 10.5. The Kier molecular flexibility index (Phi) is 3.21. The summed E-state index contributed by atoms with van der Waals surface area (Å²) in [5, 5.41) is 10.2. The van der Waals surface area contributed by atoms with Gasteiger partial charge in [0.25, 0.3) is 0 Å². The van der Waals surface area contributed by atoms with Gasteiger partial charge in [0.2, 0.25) is 0 Å². The van der Waals surface area contributed by atoms with Crippen LogP contribution in [-0.4, -0.2) is 10.1 Å². The zero-order chi connectivity index (χ0) is 13.1. The Morgan fingerprint density at radius 3 is 2.63 bits per heavy atom.